The van der Waals surface area contributed by atoms with Gasteiger partial charge in [0.15, 0.2) is 0 Å². The summed E-state index contributed by atoms with van der Waals surface area (Å²) in [4.78, 5) is 0. The van der Waals surface area contributed by atoms with Crippen molar-refractivity contribution in [3.63, 3.8) is 0 Å². The minimum atomic E-state index is -1.61. The summed E-state index contributed by atoms with van der Waals surface area (Å²) < 4.78 is 9.68. The quantitative estimate of drug-likeness (QED) is 0.438. The zero-order chi connectivity index (χ0) is 8.04. The Bertz CT molecular complexity index is 81.8. The molecule has 4 heteroatoms. The van der Waals surface area contributed by atoms with Gasteiger partial charge in [-0.15, -0.1) is 0 Å². The smallest absolute Gasteiger partial charge is 0.807 e. The first kappa shape index (κ1) is 14.0. The monoisotopic (exact) mass is 174 g/mol. The van der Waals surface area contributed by atoms with E-state index in [9.17, 15) is 5.11 Å². The second-order valence-corrected chi connectivity index (χ2v) is 1.90. The van der Waals surface area contributed by atoms with E-state index in [1.807, 2.05) is 0 Å². The van der Waals surface area contributed by atoms with Crippen LogP contribution in [0.4, 0.5) is 0 Å². The van der Waals surface area contributed by atoms with E-state index in [0.717, 1.165) is 0 Å². The Kier molecular flexibility index (Phi) is 8.99. The number of hydrogen-bond acceptors (Lipinski definition) is 3. The molecule has 0 unspecified atom stereocenters. The fourth-order valence-corrected chi connectivity index (χ4v) is 0.686. The van der Waals surface area contributed by atoms with Crippen LogP contribution in [0.1, 0.15) is 27.2 Å². The van der Waals surface area contributed by atoms with Crippen molar-refractivity contribution in [1.82, 2.24) is 0 Å². The Morgan fingerprint density at radius 1 is 1.09 bits per heavy atom. The van der Waals surface area contributed by atoms with Crippen LogP contribution in [-0.4, -0.2) is 36.5 Å². The first-order valence-electron chi connectivity index (χ1n) is 3.66. The summed E-state index contributed by atoms with van der Waals surface area (Å²) in [5.41, 5.74) is 0. The standard InChI is InChI=1S/C7H15O3.Al/c1-4-7(8,9-5-2)10-6-3;/h4-6H2,1-3H3;/q-1;+1. The van der Waals surface area contributed by atoms with Crippen LogP contribution in [-0.2, 0) is 9.47 Å². The summed E-state index contributed by atoms with van der Waals surface area (Å²) in [6.45, 7) is 6.11. The topological polar surface area (TPSA) is 41.5 Å². The van der Waals surface area contributed by atoms with Gasteiger partial charge in [-0.05, 0) is 20.3 Å². The third-order valence-corrected chi connectivity index (χ3v) is 1.16. The van der Waals surface area contributed by atoms with Gasteiger partial charge in [0.25, 0.3) is 0 Å². The van der Waals surface area contributed by atoms with Gasteiger partial charge in [0, 0.05) is 13.2 Å². The van der Waals surface area contributed by atoms with Crippen LogP contribution in [0.3, 0.4) is 0 Å². The number of hydrogen-bond donors (Lipinski definition) is 0. The number of rotatable bonds is 5. The van der Waals surface area contributed by atoms with Crippen molar-refractivity contribution in [2.45, 2.75) is 33.2 Å². The van der Waals surface area contributed by atoms with E-state index in [1.54, 1.807) is 20.8 Å². The van der Waals surface area contributed by atoms with Gasteiger partial charge < -0.3 is 14.6 Å². The molecule has 0 saturated heterocycles. The molecule has 3 nitrogen and oxygen atoms in total. The molecule has 0 atom stereocenters. The molecule has 0 fully saturated rings. The van der Waals surface area contributed by atoms with Crippen molar-refractivity contribution >= 4 is 17.4 Å². The van der Waals surface area contributed by atoms with E-state index in [-0.39, 0.29) is 17.4 Å². The maximum absolute atomic E-state index is 11.2. The summed E-state index contributed by atoms with van der Waals surface area (Å²) in [6.07, 6.45) is 0.342. The molecule has 0 aliphatic carbocycles. The van der Waals surface area contributed by atoms with E-state index in [2.05, 4.69) is 0 Å². The Balaban J connectivity index is 0. The average molecular weight is 174 g/mol. The van der Waals surface area contributed by atoms with Crippen molar-refractivity contribution in [2.24, 2.45) is 0 Å². The van der Waals surface area contributed by atoms with Gasteiger partial charge in [0.05, 0.1) is 5.97 Å². The van der Waals surface area contributed by atoms with Crippen LogP contribution in [0.15, 0.2) is 0 Å². The summed E-state index contributed by atoms with van der Waals surface area (Å²) in [5.74, 6) is -1.61. The van der Waals surface area contributed by atoms with Gasteiger partial charge in [-0.1, -0.05) is 6.92 Å². The van der Waals surface area contributed by atoms with Crippen LogP contribution >= 0.6 is 0 Å². The molecule has 0 aliphatic rings. The van der Waals surface area contributed by atoms with Crippen molar-refractivity contribution in [3.05, 3.63) is 0 Å². The maximum Gasteiger partial charge on any atom is 1.00 e. The molecule has 64 valence electrons. The Hall–Kier alpha value is 0.412. The minimum Gasteiger partial charge on any atom is -0.807 e. The molecule has 0 aromatic rings. The summed E-state index contributed by atoms with van der Waals surface area (Å²) in [7, 11) is 0. The van der Waals surface area contributed by atoms with Gasteiger partial charge in [-0.2, -0.15) is 0 Å². The fourth-order valence-electron chi connectivity index (χ4n) is 0.686. The summed E-state index contributed by atoms with van der Waals surface area (Å²) >= 11 is 0. The molecule has 0 bridgehead atoms. The molecule has 0 N–H and O–H groups in total. The summed E-state index contributed by atoms with van der Waals surface area (Å²) in [6, 6.07) is 0. The van der Waals surface area contributed by atoms with Gasteiger partial charge >= 0.3 is 17.4 Å². The first-order chi connectivity index (χ1) is 4.68. The number of ether oxygens (including phenoxy) is 2. The van der Waals surface area contributed by atoms with Crippen LogP contribution in [0, 0.1) is 0 Å². The molecular formula is C7H15AlO3. The van der Waals surface area contributed by atoms with E-state index in [0.29, 0.717) is 19.6 Å². The molecule has 11 heavy (non-hydrogen) atoms. The van der Waals surface area contributed by atoms with E-state index in [1.165, 1.54) is 0 Å². The van der Waals surface area contributed by atoms with Gasteiger partial charge in [0.2, 0.25) is 0 Å². The SMILES string of the molecule is CCOC([O-])(CC)OCC.[Al+]. The predicted octanol–water partition coefficient (Wildman–Crippen LogP) is 0.103. The Labute approximate surface area is 78.8 Å². The van der Waals surface area contributed by atoms with Crippen molar-refractivity contribution < 1.29 is 14.6 Å². The minimum absolute atomic E-state index is 0. The maximum atomic E-state index is 11.2. The Morgan fingerprint density at radius 3 is 1.64 bits per heavy atom. The molecular weight excluding hydrogens is 159 g/mol. The van der Waals surface area contributed by atoms with Crippen molar-refractivity contribution in [2.75, 3.05) is 13.2 Å². The molecule has 0 saturated carbocycles. The van der Waals surface area contributed by atoms with Crippen LogP contribution in [0.2, 0.25) is 0 Å². The third-order valence-electron chi connectivity index (χ3n) is 1.16. The molecule has 2 radical (unpaired) electrons. The first-order valence-corrected chi connectivity index (χ1v) is 3.66. The molecule has 0 spiro atoms. The second kappa shape index (κ2) is 7.08. The van der Waals surface area contributed by atoms with E-state index >= 15 is 0 Å². The fraction of sp³-hybridized carbons (Fsp3) is 1.00. The van der Waals surface area contributed by atoms with E-state index < -0.39 is 5.97 Å². The zero-order valence-corrected chi connectivity index (χ0v) is 8.58. The third kappa shape index (κ3) is 5.66. The predicted molar refractivity (Wildman–Crippen MR) is 42.0 cm³/mol. The van der Waals surface area contributed by atoms with E-state index in [4.69, 9.17) is 9.47 Å². The molecule has 0 amide bonds. The average Bonchev–Trinajstić information content (AvgIpc) is 1.89. The van der Waals surface area contributed by atoms with Crippen LogP contribution in [0.25, 0.3) is 0 Å². The zero-order valence-electron chi connectivity index (χ0n) is 7.42. The van der Waals surface area contributed by atoms with Crippen molar-refractivity contribution in [1.29, 1.82) is 0 Å². The normalized spacial score (nSPS) is 10.9. The molecule has 0 aliphatic heterocycles. The summed E-state index contributed by atoms with van der Waals surface area (Å²) in [5, 5.41) is 11.2. The largest absolute Gasteiger partial charge is 1.00 e. The van der Waals surface area contributed by atoms with Crippen LogP contribution < -0.4 is 5.11 Å². The van der Waals surface area contributed by atoms with Crippen molar-refractivity contribution in [3.8, 4) is 0 Å². The van der Waals surface area contributed by atoms with Gasteiger partial charge in [0.1, 0.15) is 0 Å². The second-order valence-electron chi connectivity index (χ2n) is 1.90. The van der Waals surface area contributed by atoms with Gasteiger partial charge in [-0.25, -0.2) is 0 Å². The van der Waals surface area contributed by atoms with Crippen LogP contribution in [0.5, 0.6) is 0 Å². The molecule has 0 rings (SSSR count). The molecule has 0 aromatic heterocycles. The Morgan fingerprint density at radius 2 is 1.45 bits per heavy atom. The van der Waals surface area contributed by atoms with Gasteiger partial charge in [-0.3, -0.25) is 0 Å². The molecule has 0 aromatic carbocycles. The molecule has 0 heterocycles.